The predicted molar refractivity (Wildman–Crippen MR) is 129 cm³/mol. The molecule has 1 saturated heterocycles. The van der Waals surface area contributed by atoms with Gasteiger partial charge in [0.2, 0.25) is 0 Å². The lowest BCUT2D eigenvalue weighted by Gasteiger charge is -2.52. The van der Waals surface area contributed by atoms with Crippen molar-refractivity contribution >= 4 is 23.2 Å². The number of anilines is 3. The van der Waals surface area contributed by atoms with E-state index in [-0.39, 0.29) is 17.7 Å². The molecule has 1 amide bonds. The molecule has 0 atom stereocenters. The molecule has 1 aliphatic carbocycles. The molecule has 1 aromatic carbocycles. The zero-order chi connectivity index (χ0) is 22.8. The summed E-state index contributed by atoms with van der Waals surface area (Å²) in [7, 11) is 0. The highest BCUT2D eigenvalue weighted by molar-refractivity contribution is 6.08. The fourth-order valence-electron chi connectivity index (χ4n) is 5.13. The number of nitrogens with two attached hydrogens (primary N) is 1. The largest absolute Gasteiger partial charge is 0.463 e. The first kappa shape index (κ1) is 21.9. The second kappa shape index (κ2) is 9.17. The van der Waals surface area contributed by atoms with Crippen molar-refractivity contribution in [3.8, 4) is 6.01 Å². The third kappa shape index (κ3) is 4.24. The van der Waals surface area contributed by atoms with Gasteiger partial charge >= 0.3 is 6.01 Å². The lowest BCUT2D eigenvalue weighted by Crippen LogP contribution is -2.64. The lowest BCUT2D eigenvalue weighted by molar-refractivity contribution is -0.124. The standard InChI is InChI=1S/C25H34N6O2/c1-2-3-14-33-24-28-21(26)20-22(29-24)31(25(10-7-11-25)23(32)27-20)17-19-9-6-8-18(15-19)16-30-12-4-5-13-30/h6,8-9,15H,2-5,7,10-14,16-17H2,1H3,(H,27,32)(H2,26,28,29). The monoisotopic (exact) mass is 450 g/mol. The van der Waals surface area contributed by atoms with Crippen LogP contribution in [0.15, 0.2) is 24.3 Å². The van der Waals surface area contributed by atoms with Gasteiger partial charge in [0.25, 0.3) is 5.91 Å². The highest BCUT2D eigenvalue weighted by Gasteiger charge is 2.53. The van der Waals surface area contributed by atoms with E-state index in [9.17, 15) is 4.79 Å². The van der Waals surface area contributed by atoms with Gasteiger partial charge in [0.15, 0.2) is 11.6 Å². The number of nitrogen functional groups attached to an aromatic ring is 1. The van der Waals surface area contributed by atoms with Gasteiger partial charge in [-0.15, -0.1) is 0 Å². The normalized spacial score (nSPS) is 19.3. The number of carbonyl (C=O) groups is 1. The number of amides is 1. The van der Waals surface area contributed by atoms with E-state index in [1.165, 1.54) is 37.1 Å². The smallest absolute Gasteiger partial charge is 0.320 e. The topological polar surface area (TPSA) is 96.6 Å². The molecule has 2 aromatic rings. The van der Waals surface area contributed by atoms with Gasteiger partial charge in [0, 0.05) is 13.1 Å². The lowest BCUT2D eigenvalue weighted by atomic mass is 9.73. The van der Waals surface area contributed by atoms with Crippen molar-refractivity contribution < 1.29 is 9.53 Å². The molecule has 0 bridgehead atoms. The molecule has 1 saturated carbocycles. The number of aromatic nitrogens is 2. The van der Waals surface area contributed by atoms with E-state index in [2.05, 4.69) is 51.3 Å². The molecule has 2 fully saturated rings. The summed E-state index contributed by atoms with van der Waals surface area (Å²) in [4.78, 5) is 26.9. The summed E-state index contributed by atoms with van der Waals surface area (Å²) in [6.07, 6.45) is 7.16. The number of carbonyl (C=O) groups excluding carboxylic acids is 1. The molecular formula is C25H34N6O2. The quantitative estimate of drug-likeness (QED) is 0.592. The van der Waals surface area contributed by atoms with Crippen LogP contribution in [-0.2, 0) is 17.9 Å². The van der Waals surface area contributed by atoms with Gasteiger partial charge in [0.05, 0.1) is 6.61 Å². The van der Waals surface area contributed by atoms with Crippen LogP contribution in [0.5, 0.6) is 6.01 Å². The highest BCUT2D eigenvalue weighted by atomic mass is 16.5. The second-order valence-electron chi connectivity index (χ2n) is 9.52. The van der Waals surface area contributed by atoms with E-state index in [1.807, 2.05) is 0 Å². The molecule has 5 rings (SSSR count). The summed E-state index contributed by atoms with van der Waals surface area (Å²) >= 11 is 0. The highest BCUT2D eigenvalue weighted by Crippen LogP contribution is 2.48. The maximum Gasteiger partial charge on any atom is 0.320 e. The van der Waals surface area contributed by atoms with E-state index in [1.54, 1.807) is 0 Å². The van der Waals surface area contributed by atoms with E-state index < -0.39 is 5.54 Å². The first-order valence-electron chi connectivity index (χ1n) is 12.3. The molecule has 0 unspecified atom stereocenters. The zero-order valence-corrected chi connectivity index (χ0v) is 19.5. The minimum absolute atomic E-state index is 0.00979. The first-order valence-corrected chi connectivity index (χ1v) is 12.3. The van der Waals surface area contributed by atoms with Gasteiger partial charge in [0.1, 0.15) is 11.2 Å². The third-order valence-corrected chi connectivity index (χ3v) is 7.18. The molecule has 1 aromatic heterocycles. The Bertz CT molecular complexity index is 1020. The van der Waals surface area contributed by atoms with Crippen LogP contribution in [0, 0.1) is 0 Å². The Kier molecular flexibility index (Phi) is 6.10. The molecule has 3 N–H and O–H groups in total. The number of benzene rings is 1. The fourth-order valence-corrected chi connectivity index (χ4v) is 5.13. The van der Waals surface area contributed by atoms with Gasteiger partial charge < -0.3 is 20.7 Å². The molecule has 0 radical (unpaired) electrons. The number of unbranched alkanes of at least 4 members (excludes halogenated alkanes) is 1. The average molecular weight is 451 g/mol. The van der Waals surface area contributed by atoms with Crippen molar-refractivity contribution in [1.29, 1.82) is 0 Å². The Morgan fingerprint density at radius 3 is 2.58 bits per heavy atom. The Hall–Kier alpha value is -2.87. The predicted octanol–water partition coefficient (Wildman–Crippen LogP) is 3.71. The molecule has 33 heavy (non-hydrogen) atoms. The molecular weight excluding hydrogens is 416 g/mol. The number of fused-ring (bicyclic) bond motifs is 1. The van der Waals surface area contributed by atoms with Crippen LogP contribution in [0.1, 0.15) is 63.0 Å². The number of nitrogens with one attached hydrogen (secondary N) is 1. The minimum Gasteiger partial charge on any atom is -0.463 e. The third-order valence-electron chi connectivity index (χ3n) is 7.18. The zero-order valence-electron chi connectivity index (χ0n) is 19.5. The van der Waals surface area contributed by atoms with E-state index >= 15 is 0 Å². The van der Waals surface area contributed by atoms with Crippen LogP contribution in [-0.4, -0.2) is 46.0 Å². The van der Waals surface area contributed by atoms with Crippen LogP contribution in [0.2, 0.25) is 0 Å². The molecule has 2 aliphatic heterocycles. The van der Waals surface area contributed by atoms with Crippen LogP contribution < -0.4 is 20.7 Å². The van der Waals surface area contributed by atoms with Crippen LogP contribution in [0.25, 0.3) is 0 Å². The number of nitrogens with zero attached hydrogens (tertiary/aromatic N) is 4. The summed E-state index contributed by atoms with van der Waals surface area (Å²) in [5.74, 6) is 0.907. The summed E-state index contributed by atoms with van der Waals surface area (Å²) in [6.45, 7) is 6.57. The summed E-state index contributed by atoms with van der Waals surface area (Å²) in [6, 6.07) is 8.98. The van der Waals surface area contributed by atoms with Crippen LogP contribution in [0.4, 0.5) is 17.3 Å². The van der Waals surface area contributed by atoms with Crippen molar-refractivity contribution in [2.75, 3.05) is 35.6 Å². The Labute approximate surface area is 195 Å². The summed E-state index contributed by atoms with van der Waals surface area (Å²) in [5, 5.41) is 3.00. The number of rotatable bonds is 8. The van der Waals surface area contributed by atoms with Crippen molar-refractivity contribution in [2.24, 2.45) is 0 Å². The van der Waals surface area contributed by atoms with Crippen LogP contribution in [0.3, 0.4) is 0 Å². The molecule has 8 nitrogen and oxygen atoms in total. The van der Waals surface area contributed by atoms with Gasteiger partial charge in [-0.3, -0.25) is 9.69 Å². The van der Waals surface area contributed by atoms with Crippen molar-refractivity contribution in [2.45, 2.75) is 70.5 Å². The van der Waals surface area contributed by atoms with E-state index in [0.717, 1.165) is 38.6 Å². The SMILES string of the molecule is CCCCOc1nc(N)c2c(n1)N(Cc1cccc(CN3CCCC3)c1)C1(CCC1)C(=O)N2. The number of likely N-dealkylation sites (tertiary alicyclic amines) is 1. The molecule has 176 valence electrons. The van der Waals surface area contributed by atoms with Crippen molar-refractivity contribution in [3.05, 3.63) is 35.4 Å². The first-order chi connectivity index (χ1) is 16.1. The van der Waals surface area contributed by atoms with E-state index in [4.69, 9.17) is 15.5 Å². The molecule has 1 spiro atoms. The molecule has 3 heterocycles. The Morgan fingerprint density at radius 1 is 1.12 bits per heavy atom. The van der Waals surface area contributed by atoms with Crippen molar-refractivity contribution in [3.63, 3.8) is 0 Å². The minimum atomic E-state index is -0.584. The molecule has 3 aliphatic rings. The maximum absolute atomic E-state index is 13.2. The maximum atomic E-state index is 13.2. The summed E-state index contributed by atoms with van der Waals surface area (Å²) in [5.41, 5.74) is 8.64. The van der Waals surface area contributed by atoms with E-state index in [0.29, 0.717) is 24.7 Å². The van der Waals surface area contributed by atoms with Gasteiger partial charge in [-0.2, -0.15) is 9.97 Å². The van der Waals surface area contributed by atoms with Gasteiger partial charge in [-0.25, -0.2) is 0 Å². The van der Waals surface area contributed by atoms with Crippen LogP contribution >= 0.6 is 0 Å². The van der Waals surface area contributed by atoms with Gasteiger partial charge in [-0.1, -0.05) is 37.6 Å². The number of hydrogen-bond donors (Lipinski definition) is 2. The number of ether oxygens (including phenoxy) is 1. The Balaban J connectivity index is 1.46. The molecule has 8 heteroatoms. The number of hydrogen-bond acceptors (Lipinski definition) is 7. The fraction of sp³-hybridized carbons (Fsp3) is 0.560. The Morgan fingerprint density at radius 2 is 1.88 bits per heavy atom. The summed E-state index contributed by atoms with van der Waals surface area (Å²) < 4.78 is 5.78. The average Bonchev–Trinajstić information content (AvgIpc) is 3.27. The van der Waals surface area contributed by atoms with Crippen molar-refractivity contribution in [1.82, 2.24) is 14.9 Å². The van der Waals surface area contributed by atoms with Gasteiger partial charge in [-0.05, 0) is 62.7 Å². The second-order valence-corrected chi connectivity index (χ2v) is 9.52.